The first-order chi connectivity index (χ1) is 9.75. The van der Waals surface area contributed by atoms with Gasteiger partial charge in [0.15, 0.2) is 0 Å². The van der Waals surface area contributed by atoms with E-state index in [1.807, 2.05) is 0 Å². The number of halogens is 1. The van der Waals surface area contributed by atoms with Crippen molar-refractivity contribution in [3.63, 3.8) is 0 Å². The average Bonchev–Trinajstić information content (AvgIpc) is 2.76. The molecule has 2 unspecified atom stereocenters. The van der Waals surface area contributed by atoms with Crippen LogP contribution < -0.4 is 5.32 Å². The van der Waals surface area contributed by atoms with E-state index in [0.29, 0.717) is 22.1 Å². The molecule has 0 radical (unpaired) electrons. The van der Waals surface area contributed by atoms with Crippen LogP contribution in [0.25, 0.3) is 0 Å². The van der Waals surface area contributed by atoms with Crippen molar-refractivity contribution in [2.24, 2.45) is 5.41 Å². The van der Waals surface area contributed by atoms with E-state index >= 15 is 0 Å². The number of carboxylic acid groups (broad SMARTS) is 1. The number of aliphatic carboxylic acids is 1. The van der Waals surface area contributed by atoms with E-state index in [9.17, 15) is 20.0 Å². The molecule has 2 atom stereocenters. The Bertz CT molecular complexity index is 605. The lowest BCUT2D eigenvalue weighted by Crippen LogP contribution is -2.40. The van der Waals surface area contributed by atoms with E-state index in [4.69, 9.17) is 0 Å². The van der Waals surface area contributed by atoms with Gasteiger partial charge in [-0.15, -0.1) is 0 Å². The van der Waals surface area contributed by atoms with E-state index in [0.717, 1.165) is 12.8 Å². The Morgan fingerprint density at radius 3 is 2.81 bits per heavy atom. The Balaban J connectivity index is 2.30. The first-order valence-electron chi connectivity index (χ1n) is 6.70. The summed E-state index contributed by atoms with van der Waals surface area (Å²) in [6.45, 7) is 3.41. The van der Waals surface area contributed by atoms with E-state index in [1.165, 1.54) is 6.07 Å². The highest BCUT2D eigenvalue weighted by Crippen LogP contribution is 2.41. The number of nitrogens with one attached hydrogen (secondary N) is 1. The van der Waals surface area contributed by atoms with Crippen molar-refractivity contribution in [1.82, 2.24) is 0 Å². The maximum atomic E-state index is 11.5. The summed E-state index contributed by atoms with van der Waals surface area (Å²) in [7, 11) is 0. The molecular formula is C14H17BrN2O4. The molecule has 0 saturated heterocycles. The molecule has 2 rings (SSSR count). The van der Waals surface area contributed by atoms with Crippen LogP contribution in [0.3, 0.4) is 0 Å². The fourth-order valence-corrected chi connectivity index (χ4v) is 3.27. The first kappa shape index (κ1) is 15.8. The molecule has 6 nitrogen and oxygen atoms in total. The molecule has 1 saturated carbocycles. The van der Waals surface area contributed by atoms with Crippen LogP contribution in [0.15, 0.2) is 16.6 Å². The second-order valence-corrected chi connectivity index (χ2v) is 6.54. The fraction of sp³-hybridized carbons (Fsp3) is 0.500. The Morgan fingerprint density at radius 2 is 2.24 bits per heavy atom. The Hall–Kier alpha value is -1.63. The summed E-state index contributed by atoms with van der Waals surface area (Å²) in [4.78, 5) is 22.0. The van der Waals surface area contributed by atoms with E-state index in [-0.39, 0.29) is 11.7 Å². The van der Waals surface area contributed by atoms with Crippen LogP contribution in [0.2, 0.25) is 0 Å². The van der Waals surface area contributed by atoms with Crippen molar-refractivity contribution in [1.29, 1.82) is 0 Å². The summed E-state index contributed by atoms with van der Waals surface area (Å²) in [5, 5.41) is 23.6. The summed E-state index contributed by atoms with van der Waals surface area (Å²) in [6.07, 6.45) is 2.25. The first-order valence-corrected chi connectivity index (χ1v) is 7.49. The molecule has 0 aromatic heterocycles. The van der Waals surface area contributed by atoms with Gasteiger partial charge in [-0.3, -0.25) is 14.9 Å². The van der Waals surface area contributed by atoms with Crippen molar-refractivity contribution in [2.75, 3.05) is 5.32 Å². The smallest absolute Gasteiger partial charge is 0.311 e. The van der Waals surface area contributed by atoms with Crippen molar-refractivity contribution in [2.45, 2.75) is 39.2 Å². The molecule has 1 aliphatic rings. The zero-order chi connectivity index (χ0) is 15.8. The number of nitro benzene ring substituents is 1. The second kappa shape index (κ2) is 5.63. The van der Waals surface area contributed by atoms with Crippen LogP contribution >= 0.6 is 15.9 Å². The van der Waals surface area contributed by atoms with Gasteiger partial charge >= 0.3 is 5.97 Å². The van der Waals surface area contributed by atoms with Gasteiger partial charge in [0, 0.05) is 27.8 Å². The number of carboxylic acids is 1. The average molecular weight is 357 g/mol. The molecule has 0 amide bonds. The number of carbonyl (C=O) groups is 1. The maximum absolute atomic E-state index is 11.5. The van der Waals surface area contributed by atoms with Gasteiger partial charge in [-0.25, -0.2) is 0 Å². The van der Waals surface area contributed by atoms with Gasteiger partial charge in [0.2, 0.25) is 0 Å². The highest BCUT2D eigenvalue weighted by molar-refractivity contribution is 9.10. The van der Waals surface area contributed by atoms with Crippen molar-refractivity contribution in [3.05, 3.63) is 32.3 Å². The van der Waals surface area contributed by atoms with E-state index in [1.54, 1.807) is 19.9 Å². The van der Waals surface area contributed by atoms with Crippen molar-refractivity contribution in [3.8, 4) is 0 Å². The molecular weight excluding hydrogens is 340 g/mol. The highest BCUT2D eigenvalue weighted by Gasteiger charge is 2.45. The number of hydrogen-bond acceptors (Lipinski definition) is 4. The second-order valence-electron chi connectivity index (χ2n) is 5.69. The summed E-state index contributed by atoms with van der Waals surface area (Å²) in [5.41, 5.74) is 0.466. The monoisotopic (exact) mass is 356 g/mol. The minimum absolute atomic E-state index is 0.0415. The number of aryl methyl sites for hydroxylation is 1. The van der Waals surface area contributed by atoms with Crippen LogP contribution in [0.4, 0.5) is 11.4 Å². The van der Waals surface area contributed by atoms with Gasteiger partial charge in [-0.1, -0.05) is 6.42 Å². The third-order valence-electron chi connectivity index (χ3n) is 4.26. The standard InChI is InChI=1S/C14H17BrN2O4/c1-8-6-10(9(15)7-11(8)17(20)21)16-12-4-3-5-14(12,2)13(18)19/h6-7,12,16H,3-5H2,1-2H3,(H,18,19). The summed E-state index contributed by atoms with van der Waals surface area (Å²) in [6, 6.07) is 2.94. The van der Waals surface area contributed by atoms with Gasteiger partial charge < -0.3 is 10.4 Å². The third-order valence-corrected chi connectivity index (χ3v) is 4.91. The molecule has 0 spiro atoms. The zero-order valence-electron chi connectivity index (χ0n) is 11.9. The number of nitro groups is 1. The molecule has 1 aromatic carbocycles. The quantitative estimate of drug-likeness (QED) is 0.633. The van der Waals surface area contributed by atoms with Crippen LogP contribution in [-0.2, 0) is 4.79 Å². The molecule has 1 aliphatic carbocycles. The minimum atomic E-state index is -0.813. The number of hydrogen-bond donors (Lipinski definition) is 2. The van der Waals surface area contributed by atoms with Crippen LogP contribution in [0.1, 0.15) is 31.7 Å². The number of anilines is 1. The molecule has 21 heavy (non-hydrogen) atoms. The number of benzene rings is 1. The predicted octanol–water partition coefficient (Wildman–Crippen LogP) is 3.72. The molecule has 114 valence electrons. The fourth-order valence-electron chi connectivity index (χ4n) is 2.82. The van der Waals surface area contributed by atoms with Gasteiger partial charge in [0.1, 0.15) is 0 Å². The summed E-state index contributed by atoms with van der Waals surface area (Å²) in [5.74, 6) is -0.813. The Kier molecular flexibility index (Phi) is 4.22. The molecule has 1 fully saturated rings. The van der Waals surface area contributed by atoms with E-state index in [2.05, 4.69) is 21.2 Å². The molecule has 1 aromatic rings. The number of nitrogens with zero attached hydrogens (tertiary/aromatic N) is 1. The Labute approximate surface area is 130 Å². The summed E-state index contributed by atoms with van der Waals surface area (Å²) >= 11 is 3.32. The van der Waals surface area contributed by atoms with Crippen LogP contribution in [0.5, 0.6) is 0 Å². The third kappa shape index (κ3) is 2.88. The zero-order valence-corrected chi connectivity index (χ0v) is 13.4. The lowest BCUT2D eigenvalue weighted by molar-refractivity contribution is -0.385. The van der Waals surface area contributed by atoms with Gasteiger partial charge in [-0.05, 0) is 48.7 Å². The SMILES string of the molecule is Cc1cc(NC2CCCC2(C)C(=O)O)c(Br)cc1[N+](=O)[O-]. The molecule has 2 N–H and O–H groups in total. The molecule has 0 aliphatic heterocycles. The van der Waals surface area contributed by atoms with E-state index < -0.39 is 16.3 Å². The van der Waals surface area contributed by atoms with Crippen molar-refractivity contribution < 1.29 is 14.8 Å². The summed E-state index contributed by atoms with van der Waals surface area (Å²) < 4.78 is 0.569. The van der Waals surface area contributed by atoms with Crippen LogP contribution in [-0.4, -0.2) is 22.0 Å². The highest BCUT2D eigenvalue weighted by atomic mass is 79.9. The van der Waals surface area contributed by atoms with Gasteiger partial charge in [0.05, 0.1) is 10.3 Å². The molecule has 7 heteroatoms. The lowest BCUT2D eigenvalue weighted by atomic mass is 9.85. The number of rotatable bonds is 4. The van der Waals surface area contributed by atoms with Gasteiger partial charge in [0.25, 0.3) is 5.69 Å². The topological polar surface area (TPSA) is 92.5 Å². The lowest BCUT2D eigenvalue weighted by Gasteiger charge is -2.29. The minimum Gasteiger partial charge on any atom is -0.481 e. The predicted molar refractivity (Wildman–Crippen MR) is 82.5 cm³/mol. The largest absolute Gasteiger partial charge is 0.481 e. The van der Waals surface area contributed by atoms with Gasteiger partial charge in [-0.2, -0.15) is 0 Å². The molecule has 0 heterocycles. The van der Waals surface area contributed by atoms with Crippen molar-refractivity contribution >= 4 is 33.3 Å². The normalized spacial score (nSPS) is 24.8. The molecule has 0 bridgehead atoms. The van der Waals surface area contributed by atoms with Crippen LogP contribution in [0, 0.1) is 22.5 Å². The maximum Gasteiger partial charge on any atom is 0.311 e. The Morgan fingerprint density at radius 1 is 1.57 bits per heavy atom.